The van der Waals surface area contributed by atoms with Gasteiger partial charge in [0.15, 0.2) is 0 Å². The van der Waals surface area contributed by atoms with E-state index < -0.39 is 0 Å². The zero-order chi connectivity index (χ0) is 24.9. The highest BCUT2D eigenvalue weighted by Gasteiger charge is 2.56. The van der Waals surface area contributed by atoms with E-state index in [1.165, 1.54) is 33.5 Å². The van der Waals surface area contributed by atoms with E-state index in [1.54, 1.807) is 0 Å². The summed E-state index contributed by atoms with van der Waals surface area (Å²) < 4.78 is 0. The van der Waals surface area contributed by atoms with Crippen molar-refractivity contribution in [3.05, 3.63) is 64.2 Å². The monoisotopic (exact) mass is 465 g/mol. The Bertz CT molecular complexity index is 1550. The lowest BCUT2D eigenvalue weighted by molar-refractivity contribution is 0.349. The molecule has 2 aliphatic rings. The van der Waals surface area contributed by atoms with Crippen molar-refractivity contribution in [3.63, 3.8) is 0 Å². The Labute approximate surface area is 207 Å². The molecule has 0 amide bonds. The smallest absolute Gasteiger partial charge is 0.0916 e. The van der Waals surface area contributed by atoms with Crippen molar-refractivity contribution >= 4 is 39.1 Å². The van der Waals surface area contributed by atoms with Gasteiger partial charge in [-0.2, -0.15) is 0 Å². The van der Waals surface area contributed by atoms with Crippen molar-refractivity contribution in [1.29, 1.82) is 0 Å². The first-order chi connectivity index (χ1) is 16.5. The first-order valence-corrected chi connectivity index (χ1v) is 12.7. The summed E-state index contributed by atoms with van der Waals surface area (Å²) in [5.41, 5.74) is 25.1. The summed E-state index contributed by atoms with van der Waals surface area (Å²) >= 11 is 0. The Kier molecular flexibility index (Phi) is 4.35. The topological polar surface area (TPSA) is 89.8 Å². The van der Waals surface area contributed by atoms with Gasteiger partial charge in [0.2, 0.25) is 0 Å². The van der Waals surface area contributed by atoms with E-state index in [-0.39, 0.29) is 16.2 Å². The molecule has 1 atom stereocenters. The van der Waals surface area contributed by atoms with Crippen LogP contribution in [-0.4, -0.2) is 17.0 Å². The van der Waals surface area contributed by atoms with Crippen LogP contribution in [0.15, 0.2) is 36.4 Å². The van der Waals surface area contributed by atoms with Gasteiger partial charge in [-0.1, -0.05) is 40.7 Å². The van der Waals surface area contributed by atoms with E-state index in [0.717, 1.165) is 41.3 Å². The van der Waals surface area contributed by atoms with Crippen LogP contribution >= 0.6 is 0 Å². The van der Waals surface area contributed by atoms with Crippen molar-refractivity contribution < 1.29 is 0 Å². The Balaban J connectivity index is 1.66. The number of aryl methyl sites for hydroxylation is 1. The number of hydrogen-bond acceptors (Lipinski definition) is 5. The highest BCUT2D eigenvalue weighted by atomic mass is 14.8. The van der Waals surface area contributed by atoms with Crippen LogP contribution in [0.4, 0.5) is 17.1 Å². The highest BCUT2D eigenvalue weighted by Crippen LogP contribution is 2.63. The van der Waals surface area contributed by atoms with Gasteiger partial charge in [0.1, 0.15) is 0 Å². The molecule has 1 spiro atoms. The minimum absolute atomic E-state index is 0.0289. The second-order valence-electron chi connectivity index (χ2n) is 11.9. The van der Waals surface area contributed by atoms with Crippen LogP contribution in [0, 0.1) is 0 Å². The first-order valence-electron chi connectivity index (χ1n) is 12.7. The third kappa shape index (κ3) is 2.93. The Morgan fingerprint density at radius 1 is 0.714 bits per heavy atom. The van der Waals surface area contributed by atoms with E-state index in [2.05, 4.69) is 64.2 Å². The van der Waals surface area contributed by atoms with Gasteiger partial charge in [0.05, 0.1) is 33.4 Å². The fourth-order valence-corrected chi connectivity index (χ4v) is 7.17. The fraction of sp³-hybridized carbons (Fsp3) is 0.400. The number of aromatic nitrogens is 2. The van der Waals surface area contributed by atoms with Crippen LogP contribution in [0.2, 0.25) is 0 Å². The zero-order valence-corrected chi connectivity index (χ0v) is 21.6. The second kappa shape index (κ2) is 6.87. The van der Waals surface area contributed by atoms with Crippen molar-refractivity contribution in [3.8, 4) is 0 Å². The number of hydrogen-bond donors (Lipinski definition) is 3. The molecule has 4 aromatic rings. The van der Waals surface area contributed by atoms with Gasteiger partial charge in [-0.3, -0.25) is 0 Å². The summed E-state index contributed by atoms with van der Waals surface area (Å²) in [6.07, 6.45) is 3.19. The summed E-state index contributed by atoms with van der Waals surface area (Å²) in [6, 6.07) is 13.2. The molecule has 1 unspecified atom stereocenters. The van der Waals surface area contributed by atoms with E-state index in [4.69, 9.17) is 21.4 Å². The van der Waals surface area contributed by atoms with Crippen LogP contribution in [0.1, 0.15) is 75.3 Å². The zero-order valence-electron chi connectivity index (χ0n) is 21.6. The molecule has 180 valence electrons. The number of anilines is 3. The Morgan fingerprint density at radius 2 is 1.17 bits per heavy atom. The van der Waals surface area contributed by atoms with Gasteiger partial charge in [0, 0.05) is 18.2 Å². The number of fused-ring (bicyclic) bond motifs is 6. The summed E-state index contributed by atoms with van der Waals surface area (Å²) in [5, 5.41) is 3.44. The van der Waals surface area contributed by atoms with Gasteiger partial charge in [0.25, 0.3) is 0 Å². The average molecular weight is 466 g/mol. The number of benzene rings is 3. The summed E-state index contributed by atoms with van der Waals surface area (Å²) in [5.74, 6) is 0. The van der Waals surface area contributed by atoms with E-state index in [9.17, 15) is 0 Å². The van der Waals surface area contributed by atoms with Gasteiger partial charge < -0.3 is 16.8 Å². The first kappa shape index (κ1) is 22.1. The van der Waals surface area contributed by atoms with Crippen LogP contribution < -0.4 is 16.8 Å². The number of nitrogens with two attached hydrogens (primary N) is 2. The molecule has 5 heteroatoms. The predicted octanol–water partition coefficient (Wildman–Crippen LogP) is 6.20. The molecule has 6 rings (SSSR count). The molecule has 0 bridgehead atoms. The number of nitrogens with one attached hydrogen (secondary N) is 1. The third-order valence-electron chi connectivity index (χ3n) is 8.65. The van der Waals surface area contributed by atoms with Crippen LogP contribution in [0.25, 0.3) is 22.1 Å². The summed E-state index contributed by atoms with van der Waals surface area (Å²) in [6.45, 7) is 11.8. The van der Waals surface area contributed by atoms with Crippen molar-refractivity contribution in [2.24, 2.45) is 0 Å². The number of nitrogens with zero attached hydrogens (tertiary/aromatic N) is 2. The molecule has 2 aliphatic carbocycles. The Hall–Kier alpha value is -3.34. The normalized spacial score (nSPS) is 21.5. The molecular weight excluding hydrogens is 430 g/mol. The van der Waals surface area contributed by atoms with Crippen molar-refractivity contribution in [2.45, 2.75) is 70.1 Å². The van der Waals surface area contributed by atoms with Crippen LogP contribution in [0.5, 0.6) is 0 Å². The standard InChI is InChI=1S/C30H35N5/c1-7-16-8-19-17(9-23(16)33-6)28(2,3)14-30(19)15-29(4,5)18-10-24-25(11-20(18)30)35-27-13-22(32)21(31)12-26(27)34-24/h8-13,33H,7,14-15,31-32H2,1-6H3. The van der Waals surface area contributed by atoms with Gasteiger partial charge in [-0.05, 0) is 88.2 Å². The highest BCUT2D eigenvalue weighted by molar-refractivity contribution is 5.92. The molecule has 0 aliphatic heterocycles. The van der Waals surface area contributed by atoms with E-state index in [0.29, 0.717) is 11.4 Å². The molecule has 3 aromatic carbocycles. The summed E-state index contributed by atoms with van der Waals surface area (Å²) in [7, 11) is 2.03. The molecular formula is C30H35N5. The minimum Gasteiger partial charge on any atom is -0.397 e. The molecule has 0 fully saturated rings. The van der Waals surface area contributed by atoms with Crippen LogP contribution in [0.3, 0.4) is 0 Å². The molecule has 5 nitrogen and oxygen atoms in total. The SMILES string of the molecule is CCc1cc2c(cc1NC)C(C)(C)CC21CC(C)(C)c2cc3nc4cc(N)c(N)cc4nc3cc21. The van der Waals surface area contributed by atoms with E-state index >= 15 is 0 Å². The molecule has 1 heterocycles. The van der Waals surface area contributed by atoms with Crippen LogP contribution in [-0.2, 0) is 22.7 Å². The van der Waals surface area contributed by atoms with Crippen molar-refractivity contribution in [1.82, 2.24) is 9.97 Å². The van der Waals surface area contributed by atoms with E-state index in [1.807, 2.05) is 19.2 Å². The molecule has 35 heavy (non-hydrogen) atoms. The van der Waals surface area contributed by atoms with Gasteiger partial charge in [-0.25, -0.2) is 9.97 Å². The summed E-state index contributed by atoms with van der Waals surface area (Å²) in [4.78, 5) is 9.96. The maximum Gasteiger partial charge on any atom is 0.0916 e. The van der Waals surface area contributed by atoms with Gasteiger partial charge in [-0.15, -0.1) is 0 Å². The predicted molar refractivity (Wildman–Crippen MR) is 147 cm³/mol. The lowest BCUT2D eigenvalue weighted by Crippen LogP contribution is -2.27. The molecule has 0 radical (unpaired) electrons. The minimum atomic E-state index is -0.0289. The second-order valence-corrected chi connectivity index (χ2v) is 11.9. The number of nitrogen functional groups attached to an aromatic ring is 2. The fourth-order valence-electron chi connectivity index (χ4n) is 7.17. The maximum atomic E-state index is 6.09. The number of rotatable bonds is 2. The molecule has 0 saturated heterocycles. The lowest BCUT2D eigenvalue weighted by Gasteiger charge is -2.30. The third-order valence-corrected chi connectivity index (χ3v) is 8.65. The van der Waals surface area contributed by atoms with Gasteiger partial charge >= 0.3 is 0 Å². The van der Waals surface area contributed by atoms with Crippen molar-refractivity contribution in [2.75, 3.05) is 23.8 Å². The molecule has 1 aromatic heterocycles. The largest absolute Gasteiger partial charge is 0.397 e. The molecule has 0 saturated carbocycles. The Morgan fingerprint density at radius 3 is 1.69 bits per heavy atom. The lowest BCUT2D eigenvalue weighted by atomic mass is 9.72. The average Bonchev–Trinajstić information content (AvgIpc) is 3.15. The maximum absolute atomic E-state index is 6.09. The molecule has 5 N–H and O–H groups in total. The quantitative estimate of drug-likeness (QED) is 0.242.